The summed E-state index contributed by atoms with van der Waals surface area (Å²) in [6.07, 6.45) is 5.31. The fourth-order valence-electron chi connectivity index (χ4n) is 3.36. The molecule has 1 unspecified atom stereocenters. The SMILES string of the molecule is CCN1CCC(NC(=O)C2(CC)CCCNC2)CC1. The fraction of sp³-hybridized carbons (Fsp3) is 0.933. The summed E-state index contributed by atoms with van der Waals surface area (Å²) in [6, 6.07) is 0.389. The molecule has 0 aromatic carbocycles. The van der Waals surface area contributed by atoms with Gasteiger partial charge >= 0.3 is 0 Å². The van der Waals surface area contributed by atoms with Crippen LogP contribution < -0.4 is 10.6 Å². The molecule has 2 aliphatic rings. The van der Waals surface area contributed by atoms with Crippen LogP contribution in [0.15, 0.2) is 0 Å². The highest BCUT2D eigenvalue weighted by atomic mass is 16.2. The first kappa shape index (κ1) is 14.8. The lowest BCUT2D eigenvalue weighted by atomic mass is 9.77. The van der Waals surface area contributed by atoms with Gasteiger partial charge in [-0.05, 0) is 45.2 Å². The van der Waals surface area contributed by atoms with Crippen LogP contribution in [0.1, 0.15) is 46.0 Å². The molecule has 0 saturated carbocycles. The molecule has 2 saturated heterocycles. The van der Waals surface area contributed by atoms with E-state index in [1.165, 1.54) is 0 Å². The van der Waals surface area contributed by atoms with Crippen LogP contribution in [0.25, 0.3) is 0 Å². The average Bonchev–Trinajstić information content (AvgIpc) is 2.48. The zero-order chi connectivity index (χ0) is 13.7. The van der Waals surface area contributed by atoms with Crippen LogP contribution in [-0.4, -0.2) is 49.6 Å². The normalized spacial score (nSPS) is 30.2. The molecule has 2 heterocycles. The minimum Gasteiger partial charge on any atom is -0.353 e. The molecular formula is C15H29N3O. The topological polar surface area (TPSA) is 44.4 Å². The molecule has 2 rings (SSSR count). The Morgan fingerprint density at radius 3 is 2.63 bits per heavy atom. The van der Waals surface area contributed by atoms with Gasteiger partial charge in [0.15, 0.2) is 0 Å². The summed E-state index contributed by atoms with van der Waals surface area (Å²) in [5.41, 5.74) is -0.153. The maximum Gasteiger partial charge on any atom is 0.227 e. The van der Waals surface area contributed by atoms with Crippen molar-refractivity contribution in [1.82, 2.24) is 15.5 Å². The maximum atomic E-state index is 12.6. The molecule has 4 nitrogen and oxygen atoms in total. The van der Waals surface area contributed by atoms with Gasteiger partial charge in [-0.15, -0.1) is 0 Å². The number of hydrogen-bond acceptors (Lipinski definition) is 3. The molecule has 0 aliphatic carbocycles. The third kappa shape index (κ3) is 3.48. The number of rotatable bonds is 4. The lowest BCUT2D eigenvalue weighted by Crippen LogP contribution is -2.54. The van der Waals surface area contributed by atoms with E-state index in [9.17, 15) is 4.79 Å². The molecule has 4 heteroatoms. The van der Waals surface area contributed by atoms with Gasteiger partial charge in [0.1, 0.15) is 0 Å². The highest BCUT2D eigenvalue weighted by molar-refractivity contribution is 5.83. The quantitative estimate of drug-likeness (QED) is 0.808. The van der Waals surface area contributed by atoms with Crippen LogP contribution in [0.3, 0.4) is 0 Å². The second kappa shape index (κ2) is 6.71. The van der Waals surface area contributed by atoms with Crippen LogP contribution in [0.4, 0.5) is 0 Å². The summed E-state index contributed by atoms with van der Waals surface area (Å²) >= 11 is 0. The molecular weight excluding hydrogens is 238 g/mol. The average molecular weight is 267 g/mol. The molecule has 2 fully saturated rings. The maximum absolute atomic E-state index is 12.6. The molecule has 1 atom stereocenters. The van der Waals surface area contributed by atoms with Gasteiger partial charge in [-0.25, -0.2) is 0 Å². The zero-order valence-electron chi connectivity index (χ0n) is 12.5. The van der Waals surface area contributed by atoms with Crippen molar-refractivity contribution >= 4 is 5.91 Å². The molecule has 0 aromatic heterocycles. The van der Waals surface area contributed by atoms with E-state index in [0.717, 1.165) is 64.8 Å². The molecule has 110 valence electrons. The number of likely N-dealkylation sites (tertiary alicyclic amines) is 1. The Hall–Kier alpha value is -0.610. The molecule has 2 aliphatic heterocycles. The van der Waals surface area contributed by atoms with Crippen molar-refractivity contribution in [3.8, 4) is 0 Å². The van der Waals surface area contributed by atoms with E-state index in [0.29, 0.717) is 6.04 Å². The number of piperidine rings is 2. The number of amides is 1. The number of hydrogen-bond donors (Lipinski definition) is 2. The van der Waals surface area contributed by atoms with E-state index in [1.54, 1.807) is 0 Å². The van der Waals surface area contributed by atoms with Crippen LogP contribution >= 0.6 is 0 Å². The van der Waals surface area contributed by atoms with Crippen molar-refractivity contribution in [2.24, 2.45) is 5.41 Å². The Labute approximate surface area is 117 Å². The van der Waals surface area contributed by atoms with Gasteiger partial charge in [0.05, 0.1) is 5.41 Å². The Morgan fingerprint density at radius 1 is 1.37 bits per heavy atom. The van der Waals surface area contributed by atoms with Crippen molar-refractivity contribution in [1.29, 1.82) is 0 Å². The first-order valence-corrected chi connectivity index (χ1v) is 7.94. The third-order valence-corrected chi connectivity index (χ3v) is 5.00. The van der Waals surface area contributed by atoms with E-state index in [4.69, 9.17) is 0 Å². The molecule has 0 radical (unpaired) electrons. The Balaban J connectivity index is 1.86. The van der Waals surface area contributed by atoms with E-state index < -0.39 is 0 Å². The standard InChI is InChI=1S/C15H29N3O/c1-3-15(8-5-9-16-12-15)14(19)17-13-6-10-18(4-2)11-7-13/h13,16H,3-12H2,1-2H3,(H,17,19). The van der Waals surface area contributed by atoms with E-state index in [1.807, 2.05) is 0 Å². The number of carbonyl (C=O) groups excluding carboxylic acids is 1. The minimum absolute atomic E-state index is 0.153. The largest absolute Gasteiger partial charge is 0.353 e. The van der Waals surface area contributed by atoms with Crippen molar-refractivity contribution in [2.45, 2.75) is 52.0 Å². The predicted octanol–water partition coefficient (Wildman–Crippen LogP) is 1.37. The lowest BCUT2D eigenvalue weighted by molar-refractivity contribution is -0.133. The van der Waals surface area contributed by atoms with Gasteiger partial charge in [0.2, 0.25) is 5.91 Å². The molecule has 0 spiro atoms. The zero-order valence-corrected chi connectivity index (χ0v) is 12.5. The van der Waals surface area contributed by atoms with Crippen molar-refractivity contribution in [3.05, 3.63) is 0 Å². The van der Waals surface area contributed by atoms with Crippen molar-refractivity contribution in [3.63, 3.8) is 0 Å². The fourth-order valence-corrected chi connectivity index (χ4v) is 3.36. The number of nitrogens with one attached hydrogen (secondary N) is 2. The van der Waals surface area contributed by atoms with Gasteiger partial charge in [-0.1, -0.05) is 13.8 Å². The monoisotopic (exact) mass is 267 g/mol. The summed E-state index contributed by atoms with van der Waals surface area (Å²) in [5, 5.41) is 6.71. The Bertz CT molecular complexity index is 292. The molecule has 1 amide bonds. The van der Waals surface area contributed by atoms with Crippen molar-refractivity contribution in [2.75, 3.05) is 32.7 Å². The van der Waals surface area contributed by atoms with Crippen molar-refractivity contribution < 1.29 is 4.79 Å². The summed E-state index contributed by atoms with van der Waals surface area (Å²) in [4.78, 5) is 15.1. The van der Waals surface area contributed by atoms with Gasteiger partial charge in [0.25, 0.3) is 0 Å². The van der Waals surface area contributed by atoms with Gasteiger partial charge in [-0.2, -0.15) is 0 Å². The summed E-state index contributed by atoms with van der Waals surface area (Å²) in [7, 11) is 0. The van der Waals surface area contributed by atoms with Crippen LogP contribution in [0.5, 0.6) is 0 Å². The second-order valence-corrected chi connectivity index (χ2v) is 6.10. The Kier molecular flexibility index (Phi) is 5.22. The summed E-state index contributed by atoms with van der Waals surface area (Å²) in [5.74, 6) is 0.289. The van der Waals surface area contributed by atoms with Gasteiger partial charge < -0.3 is 15.5 Å². The van der Waals surface area contributed by atoms with E-state index >= 15 is 0 Å². The Morgan fingerprint density at radius 2 is 2.11 bits per heavy atom. The van der Waals surface area contributed by atoms with Gasteiger partial charge in [-0.3, -0.25) is 4.79 Å². The van der Waals surface area contributed by atoms with E-state index in [2.05, 4.69) is 29.4 Å². The predicted molar refractivity (Wildman–Crippen MR) is 78.1 cm³/mol. The number of nitrogens with zero attached hydrogens (tertiary/aromatic N) is 1. The highest BCUT2D eigenvalue weighted by Gasteiger charge is 2.38. The van der Waals surface area contributed by atoms with Crippen LogP contribution in [0.2, 0.25) is 0 Å². The first-order valence-electron chi connectivity index (χ1n) is 7.94. The smallest absolute Gasteiger partial charge is 0.227 e. The van der Waals surface area contributed by atoms with Gasteiger partial charge in [0, 0.05) is 25.7 Å². The van der Waals surface area contributed by atoms with Crippen LogP contribution in [0, 0.1) is 5.41 Å². The molecule has 2 N–H and O–H groups in total. The van der Waals surface area contributed by atoms with Crippen LogP contribution in [-0.2, 0) is 4.79 Å². The summed E-state index contributed by atoms with van der Waals surface area (Å²) in [6.45, 7) is 9.64. The van der Waals surface area contributed by atoms with E-state index in [-0.39, 0.29) is 11.3 Å². The molecule has 0 bridgehead atoms. The summed E-state index contributed by atoms with van der Waals surface area (Å²) < 4.78 is 0. The minimum atomic E-state index is -0.153. The molecule has 19 heavy (non-hydrogen) atoms. The molecule has 0 aromatic rings. The second-order valence-electron chi connectivity index (χ2n) is 6.10. The third-order valence-electron chi connectivity index (χ3n) is 5.00. The number of carbonyl (C=O) groups is 1. The first-order chi connectivity index (χ1) is 9.20. The highest BCUT2D eigenvalue weighted by Crippen LogP contribution is 2.30. The lowest BCUT2D eigenvalue weighted by Gasteiger charge is -2.38.